The Bertz CT molecular complexity index is 464. The number of ether oxygens (including phenoxy) is 1. The van der Waals surface area contributed by atoms with Gasteiger partial charge in [-0.15, -0.1) is 0 Å². The maximum atomic E-state index is 12.5. The van der Waals surface area contributed by atoms with Crippen molar-refractivity contribution in [2.24, 2.45) is 5.92 Å². The lowest BCUT2D eigenvalue weighted by Crippen LogP contribution is -2.32. The van der Waals surface area contributed by atoms with Gasteiger partial charge in [-0.25, -0.2) is 0 Å². The monoisotopic (exact) mass is 263 g/mol. The van der Waals surface area contributed by atoms with Gasteiger partial charge < -0.3 is 9.30 Å². The van der Waals surface area contributed by atoms with Crippen molar-refractivity contribution in [2.75, 3.05) is 7.11 Å². The van der Waals surface area contributed by atoms with Gasteiger partial charge in [0.1, 0.15) is 0 Å². The molecule has 1 saturated carbocycles. The average molecular weight is 263 g/mol. The van der Waals surface area contributed by atoms with Crippen LogP contribution in [-0.4, -0.2) is 17.8 Å². The summed E-state index contributed by atoms with van der Waals surface area (Å²) in [5.74, 6) is 0.515. The van der Waals surface area contributed by atoms with E-state index in [0.29, 0.717) is 18.1 Å². The summed E-state index contributed by atoms with van der Waals surface area (Å²) in [5, 5.41) is 0. The predicted molar refractivity (Wildman–Crippen MR) is 77.5 cm³/mol. The van der Waals surface area contributed by atoms with Crippen molar-refractivity contribution in [1.29, 1.82) is 0 Å². The normalized spacial score (nSPS) is 23.8. The molecule has 0 unspecified atom stereocenters. The SMILES string of the molecule is CO[C@H]1CCC[C@H](n2cccc(CC(C)C)c2=O)C1. The molecule has 1 aliphatic carbocycles. The van der Waals surface area contributed by atoms with Crippen LogP contribution in [0, 0.1) is 5.92 Å². The Morgan fingerprint density at radius 3 is 2.89 bits per heavy atom. The van der Waals surface area contributed by atoms with Gasteiger partial charge in [-0.05, 0) is 44.1 Å². The molecule has 1 aromatic heterocycles. The minimum atomic E-state index is 0.193. The van der Waals surface area contributed by atoms with Crippen molar-refractivity contribution in [1.82, 2.24) is 4.57 Å². The number of nitrogens with zero attached hydrogens (tertiary/aromatic N) is 1. The van der Waals surface area contributed by atoms with Crippen LogP contribution in [0.15, 0.2) is 23.1 Å². The van der Waals surface area contributed by atoms with E-state index in [0.717, 1.165) is 37.7 Å². The van der Waals surface area contributed by atoms with Gasteiger partial charge in [-0.2, -0.15) is 0 Å². The summed E-state index contributed by atoms with van der Waals surface area (Å²) >= 11 is 0. The van der Waals surface area contributed by atoms with E-state index in [1.807, 2.05) is 22.9 Å². The molecular formula is C16H25NO2. The van der Waals surface area contributed by atoms with E-state index < -0.39 is 0 Å². The number of pyridine rings is 1. The van der Waals surface area contributed by atoms with Crippen molar-refractivity contribution < 1.29 is 4.74 Å². The molecule has 0 aliphatic heterocycles. The average Bonchev–Trinajstić information content (AvgIpc) is 2.41. The van der Waals surface area contributed by atoms with Gasteiger partial charge in [-0.1, -0.05) is 19.9 Å². The molecule has 0 amide bonds. The summed E-state index contributed by atoms with van der Waals surface area (Å²) in [6.07, 6.45) is 7.41. The van der Waals surface area contributed by atoms with Crippen LogP contribution in [-0.2, 0) is 11.2 Å². The third-order valence-electron chi connectivity index (χ3n) is 4.01. The molecule has 0 aromatic carbocycles. The van der Waals surface area contributed by atoms with Crippen molar-refractivity contribution in [3.05, 3.63) is 34.2 Å². The van der Waals surface area contributed by atoms with E-state index in [9.17, 15) is 4.79 Å². The predicted octanol–water partition coefficient (Wildman–Crippen LogP) is 3.18. The first-order chi connectivity index (χ1) is 9.11. The number of hydrogen-bond donors (Lipinski definition) is 0. The number of rotatable bonds is 4. The van der Waals surface area contributed by atoms with Crippen LogP contribution >= 0.6 is 0 Å². The minimum Gasteiger partial charge on any atom is -0.381 e. The van der Waals surface area contributed by atoms with Crippen molar-refractivity contribution in [3.8, 4) is 0 Å². The highest BCUT2D eigenvalue weighted by atomic mass is 16.5. The van der Waals surface area contributed by atoms with Gasteiger partial charge in [0.2, 0.25) is 0 Å². The molecule has 106 valence electrons. The second-order valence-electron chi connectivity index (χ2n) is 6.02. The zero-order valence-corrected chi connectivity index (χ0v) is 12.3. The molecule has 3 nitrogen and oxygen atoms in total. The first-order valence-electron chi connectivity index (χ1n) is 7.34. The lowest BCUT2D eigenvalue weighted by molar-refractivity contribution is 0.0524. The molecule has 1 aromatic rings. The van der Waals surface area contributed by atoms with E-state index >= 15 is 0 Å². The summed E-state index contributed by atoms with van der Waals surface area (Å²) in [6, 6.07) is 4.28. The topological polar surface area (TPSA) is 31.2 Å². The second kappa shape index (κ2) is 6.38. The fraction of sp³-hybridized carbons (Fsp3) is 0.688. The fourth-order valence-corrected chi connectivity index (χ4v) is 3.03. The Morgan fingerprint density at radius 1 is 1.42 bits per heavy atom. The van der Waals surface area contributed by atoms with Gasteiger partial charge in [0.15, 0.2) is 0 Å². The molecule has 1 heterocycles. The molecule has 0 saturated heterocycles. The Hall–Kier alpha value is -1.09. The van der Waals surface area contributed by atoms with Gasteiger partial charge in [0.25, 0.3) is 5.56 Å². The Labute approximate surface area is 115 Å². The number of aromatic nitrogens is 1. The maximum Gasteiger partial charge on any atom is 0.253 e. The van der Waals surface area contributed by atoms with E-state index in [-0.39, 0.29) is 5.56 Å². The smallest absolute Gasteiger partial charge is 0.253 e. The van der Waals surface area contributed by atoms with Gasteiger partial charge in [0, 0.05) is 24.9 Å². The highest BCUT2D eigenvalue weighted by molar-refractivity contribution is 5.12. The minimum absolute atomic E-state index is 0.193. The Kier molecular flexibility index (Phi) is 4.81. The lowest BCUT2D eigenvalue weighted by Gasteiger charge is -2.29. The fourth-order valence-electron chi connectivity index (χ4n) is 3.03. The van der Waals surface area contributed by atoms with E-state index in [2.05, 4.69) is 13.8 Å². The van der Waals surface area contributed by atoms with E-state index in [1.54, 1.807) is 7.11 Å². The first-order valence-corrected chi connectivity index (χ1v) is 7.34. The van der Waals surface area contributed by atoms with Crippen LogP contribution in [0.3, 0.4) is 0 Å². The molecule has 1 aliphatic rings. The van der Waals surface area contributed by atoms with Crippen molar-refractivity contribution >= 4 is 0 Å². The standard InChI is InChI=1S/C16H25NO2/c1-12(2)10-13-6-5-9-17(16(13)18)14-7-4-8-15(11-14)19-3/h5-6,9,12,14-15H,4,7-8,10-11H2,1-3H3/t14-,15-/m0/s1. The van der Waals surface area contributed by atoms with Crippen molar-refractivity contribution in [2.45, 2.75) is 58.1 Å². The van der Waals surface area contributed by atoms with Crippen LogP contribution in [0.25, 0.3) is 0 Å². The molecule has 2 atom stereocenters. The van der Waals surface area contributed by atoms with Crippen LogP contribution < -0.4 is 5.56 Å². The lowest BCUT2D eigenvalue weighted by atomic mass is 9.92. The molecule has 19 heavy (non-hydrogen) atoms. The molecule has 3 heteroatoms. The summed E-state index contributed by atoms with van der Waals surface area (Å²) in [4.78, 5) is 12.5. The number of methoxy groups -OCH3 is 1. The Balaban J connectivity index is 2.22. The van der Waals surface area contributed by atoms with Gasteiger partial charge in [-0.3, -0.25) is 4.79 Å². The van der Waals surface area contributed by atoms with Crippen LogP contribution in [0.5, 0.6) is 0 Å². The molecular weight excluding hydrogens is 238 g/mol. The molecule has 0 N–H and O–H groups in total. The number of hydrogen-bond acceptors (Lipinski definition) is 2. The second-order valence-corrected chi connectivity index (χ2v) is 6.02. The summed E-state index contributed by atoms with van der Waals surface area (Å²) in [5.41, 5.74) is 1.13. The molecule has 1 fully saturated rings. The van der Waals surface area contributed by atoms with E-state index in [4.69, 9.17) is 4.74 Å². The zero-order chi connectivity index (χ0) is 13.8. The quantitative estimate of drug-likeness (QED) is 0.835. The van der Waals surface area contributed by atoms with Crippen LogP contribution in [0.1, 0.15) is 51.1 Å². The largest absolute Gasteiger partial charge is 0.381 e. The first kappa shape index (κ1) is 14.3. The highest BCUT2D eigenvalue weighted by Gasteiger charge is 2.23. The highest BCUT2D eigenvalue weighted by Crippen LogP contribution is 2.28. The van der Waals surface area contributed by atoms with Crippen LogP contribution in [0.2, 0.25) is 0 Å². The summed E-state index contributed by atoms with van der Waals surface area (Å²) in [6.45, 7) is 4.30. The molecule has 0 radical (unpaired) electrons. The van der Waals surface area contributed by atoms with Crippen LogP contribution in [0.4, 0.5) is 0 Å². The third-order valence-corrected chi connectivity index (χ3v) is 4.01. The molecule has 0 bridgehead atoms. The van der Waals surface area contributed by atoms with Crippen molar-refractivity contribution in [3.63, 3.8) is 0 Å². The summed E-state index contributed by atoms with van der Waals surface area (Å²) < 4.78 is 7.40. The zero-order valence-electron chi connectivity index (χ0n) is 12.3. The molecule has 0 spiro atoms. The third kappa shape index (κ3) is 3.47. The maximum absolute atomic E-state index is 12.5. The summed E-state index contributed by atoms with van der Waals surface area (Å²) in [7, 11) is 1.77. The Morgan fingerprint density at radius 2 is 2.21 bits per heavy atom. The van der Waals surface area contributed by atoms with Gasteiger partial charge >= 0.3 is 0 Å². The molecule has 2 rings (SSSR count). The van der Waals surface area contributed by atoms with Gasteiger partial charge in [0.05, 0.1) is 6.10 Å². The van der Waals surface area contributed by atoms with E-state index in [1.165, 1.54) is 0 Å².